The largest absolute Gasteiger partial charge is 0.365 e. The molecule has 0 spiro atoms. The van der Waals surface area contributed by atoms with Gasteiger partial charge in [-0.05, 0) is 31.2 Å². The van der Waals surface area contributed by atoms with Gasteiger partial charge in [-0.25, -0.2) is 0 Å². The summed E-state index contributed by atoms with van der Waals surface area (Å²) < 4.78 is 5.19. The normalized spacial score (nSPS) is 11.3. The van der Waals surface area contributed by atoms with Gasteiger partial charge in [-0.15, -0.1) is 6.58 Å². The quantitative estimate of drug-likeness (QED) is 0.788. The fourth-order valence-corrected chi connectivity index (χ4v) is 1.16. The fourth-order valence-electron chi connectivity index (χ4n) is 1.16. The molecule has 4 heteroatoms. The zero-order valence-electron chi connectivity index (χ0n) is 9.64. The first-order valence-electron chi connectivity index (χ1n) is 5.21. The Morgan fingerprint density at radius 2 is 2.24 bits per heavy atom. The lowest BCUT2D eigenvalue weighted by atomic mass is 10.2. The Balaban J connectivity index is 2.55. The van der Waals surface area contributed by atoms with Crippen LogP contribution in [0.4, 0.5) is 5.69 Å². The Hall–Kier alpha value is -2.12. The van der Waals surface area contributed by atoms with Crippen molar-refractivity contribution in [1.82, 2.24) is 0 Å². The molecular formula is C13H14N2O2. The minimum Gasteiger partial charge on any atom is -0.365 e. The van der Waals surface area contributed by atoms with Crippen molar-refractivity contribution in [3.63, 3.8) is 0 Å². The summed E-state index contributed by atoms with van der Waals surface area (Å²) in [4.78, 5) is 11.6. The number of amides is 1. The second kappa shape index (κ2) is 6.46. The molecular weight excluding hydrogens is 216 g/mol. The van der Waals surface area contributed by atoms with E-state index in [1.54, 1.807) is 37.3 Å². The smallest absolute Gasteiger partial charge is 0.253 e. The van der Waals surface area contributed by atoms with Crippen molar-refractivity contribution < 1.29 is 9.53 Å². The van der Waals surface area contributed by atoms with E-state index in [4.69, 9.17) is 10.00 Å². The van der Waals surface area contributed by atoms with Crippen molar-refractivity contribution in [2.75, 3.05) is 11.9 Å². The Bertz CT molecular complexity index is 432. The molecule has 0 bridgehead atoms. The van der Waals surface area contributed by atoms with Crippen LogP contribution in [0.15, 0.2) is 36.9 Å². The van der Waals surface area contributed by atoms with Gasteiger partial charge in [0.15, 0.2) is 0 Å². The number of benzene rings is 1. The number of carbonyl (C=O) groups is 1. The third-order valence-corrected chi connectivity index (χ3v) is 2.11. The molecule has 1 aromatic carbocycles. The molecule has 0 aromatic heterocycles. The SMILES string of the molecule is C=CCOC(C)C(=O)Nc1ccc(C#N)cc1. The monoisotopic (exact) mass is 230 g/mol. The molecule has 0 saturated carbocycles. The van der Waals surface area contributed by atoms with Crippen LogP contribution in [-0.2, 0) is 9.53 Å². The van der Waals surface area contributed by atoms with Gasteiger partial charge >= 0.3 is 0 Å². The van der Waals surface area contributed by atoms with Crippen molar-refractivity contribution >= 4 is 11.6 Å². The lowest BCUT2D eigenvalue weighted by Gasteiger charge is -2.12. The summed E-state index contributed by atoms with van der Waals surface area (Å²) in [7, 11) is 0. The maximum absolute atomic E-state index is 11.6. The van der Waals surface area contributed by atoms with Gasteiger partial charge in [0, 0.05) is 5.69 Å². The zero-order valence-corrected chi connectivity index (χ0v) is 9.64. The predicted molar refractivity (Wildman–Crippen MR) is 65.4 cm³/mol. The molecule has 0 saturated heterocycles. The van der Waals surface area contributed by atoms with Gasteiger partial charge in [0.2, 0.25) is 0 Å². The van der Waals surface area contributed by atoms with Crippen LogP contribution in [0.25, 0.3) is 0 Å². The number of rotatable bonds is 5. The zero-order chi connectivity index (χ0) is 12.7. The molecule has 1 unspecified atom stereocenters. The standard InChI is InChI=1S/C13H14N2O2/c1-3-8-17-10(2)13(16)15-12-6-4-11(9-14)5-7-12/h3-7,10H,1,8H2,2H3,(H,15,16). The van der Waals surface area contributed by atoms with E-state index >= 15 is 0 Å². The molecule has 1 atom stereocenters. The Labute approximate surface area is 101 Å². The average molecular weight is 230 g/mol. The molecule has 0 aliphatic heterocycles. The van der Waals surface area contributed by atoms with Crippen molar-refractivity contribution in [2.24, 2.45) is 0 Å². The topological polar surface area (TPSA) is 62.1 Å². The first-order chi connectivity index (χ1) is 8.17. The van der Waals surface area contributed by atoms with E-state index in [0.717, 1.165) is 0 Å². The molecule has 0 heterocycles. The number of ether oxygens (including phenoxy) is 1. The van der Waals surface area contributed by atoms with Crippen LogP contribution in [0.1, 0.15) is 12.5 Å². The highest BCUT2D eigenvalue weighted by atomic mass is 16.5. The Kier molecular flexibility index (Phi) is 4.92. The molecule has 17 heavy (non-hydrogen) atoms. The first-order valence-corrected chi connectivity index (χ1v) is 5.21. The van der Waals surface area contributed by atoms with Crippen LogP contribution >= 0.6 is 0 Å². The number of anilines is 1. The second-order valence-corrected chi connectivity index (χ2v) is 3.44. The van der Waals surface area contributed by atoms with Crippen LogP contribution < -0.4 is 5.32 Å². The van der Waals surface area contributed by atoms with Crippen LogP contribution in [0.3, 0.4) is 0 Å². The molecule has 0 fully saturated rings. The molecule has 1 amide bonds. The molecule has 4 nitrogen and oxygen atoms in total. The number of nitrogens with zero attached hydrogens (tertiary/aromatic N) is 1. The predicted octanol–water partition coefficient (Wildman–Crippen LogP) is 2.09. The molecule has 1 N–H and O–H groups in total. The van der Waals surface area contributed by atoms with Gasteiger partial charge in [0.25, 0.3) is 5.91 Å². The summed E-state index contributed by atoms with van der Waals surface area (Å²) in [5.74, 6) is -0.225. The molecule has 88 valence electrons. The van der Waals surface area contributed by atoms with Crippen molar-refractivity contribution in [2.45, 2.75) is 13.0 Å². The van der Waals surface area contributed by atoms with Gasteiger partial charge < -0.3 is 10.1 Å². The number of nitriles is 1. The number of hydrogen-bond donors (Lipinski definition) is 1. The molecule has 0 radical (unpaired) electrons. The summed E-state index contributed by atoms with van der Waals surface area (Å²) in [6.45, 7) is 5.51. The average Bonchev–Trinajstić information content (AvgIpc) is 2.36. The molecule has 0 aliphatic rings. The maximum Gasteiger partial charge on any atom is 0.253 e. The lowest BCUT2D eigenvalue weighted by molar-refractivity contribution is -0.125. The maximum atomic E-state index is 11.6. The van der Waals surface area contributed by atoms with E-state index in [2.05, 4.69) is 11.9 Å². The van der Waals surface area contributed by atoms with Crippen molar-refractivity contribution in [3.8, 4) is 6.07 Å². The van der Waals surface area contributed by atoms with E-state index in [9.17, 15) is 4.79 Å². The first kappa shape index (κ1) is 12.9. The van der Waals surface area contributed by atoms with E-state index in [0.29, 0.717) is 17.9 Å². The van der Waals surface area contributed by atoms with Gasteiger partial charge in [-0.3, -0.25) is 4.79 Å². The minimum atomic E-state index is -0.538. The van der Waals surface area contributed by atoms with Gasteiger partial charge in [-0.1, -0.05) is 6.08 Å². The van der Waals surface area contributed by atoms with Crippen LogP contribution in [0.2, 0.25) is 0 Å². The molecule has 1 aromatic rings. The van der Waals surface area contributed by atoms with Gasteiger partial charge in [-0.2, -0.15) is 5.26 Å². The van der Waals surface area contributed by atoms with Gasteiger partial charge in [0.05, 0.1) is 18.2 Å². The van der Waals surface area contributed by atoms with E-state index in [-0.39, 0.29) is 5.91 Å². The summed E-state index contributed by atoms with van der Waals surface area (Å²) in [6, 6.07) is 8.65. The summed E-state index contributed by atoms with van der Waals surface area (Å²) >= 11 is 0. The van der Waals surface area contributed by atoms with Gasteiger partial charge in [0.1, 0.15) is 6.10 Å². The number of hydrogen-bond acceptors (Lipinski definition) is 3. The Morgan fingerprint density at radius 3 is 2.76 bits per heavy atom. The number of nitrogens with one attached hydrogen (secondary N) is 1. The lowest BCUT2D eigenvalue weighted by Crippen LogP contribution is -2.27. The van der Waals surface area contributed by atoms with Crippen LogP contribution in [0, 0.1) is 11.3 Å². The third kappa shape index (κ3) is 4.09. The van der Waals surface area contributed by atoms with Crippen molar-refractivity contribution in [1.29, 1.82) is 5.26 Å². The Morgan fingerprint density at radius 1 is 1.59 bits per heavy atom. The summed E-state index contributed by atoms with van der Waals surface area (Å²) in [6.07, 6.45) is 1.05. The second-order valence-electron chi connectivity index (χ2n) is 3.44. The van der Waals surface area contributed by atoms with Crippen LogP contribution in [-0.4, -0.2) is 18.6 Å². The molecule has 1 rings (SSSR count). The van der Waals surface area contributed by atoms with E-state index in [1.165, 1.54) is 0 Å². The van der Waals surface area contributed by atoms with E-state index in [1.807, 2.05) is 6.07 Å². The highest BCUT2D eigenvalue weighted by Crippen LogP contribution is 2.09. The number of carbonyl (C=O) groups excluding carboxylic acids is 1. The van der Waals surface area contributed by atoms with Crippen LogP contribution in [0.5, 0.6) is 0 Å². The third-order valence-electron chi connectivity index (χ3n) is 2.11. The molecule has 0 aliphatic carbocycles. The highest BCUT2D eigenvalue weighted by molar-refractivity contribution is 5.93. The highest BCUT2D eigenvalue weighted by Gasteiger charge is 2.12. The summed E-state index contributed by atoms with van der Waals surface area (Å²) in [5.41, 5.74) is 1.20. The fraction of sp³-hybridized carbons (Fsp3) is 0.231. The van der Waals surface area contributed by atoms with Crippen molar-refractivity contribution in [3.05, 3.63) is 42.5 Å². The minimum absolute atomic E-state index is 0.225. The van der Waals surface area contributed by atoms with E-state index < -0.39 is 6.10 Å². The summed E-state index contributed by atoms with van der Waals surface area (Å²) in [5, 5.41) is 11.3.